The van der Waals surface area contributed by atoms with Crippen LogP contribution in [-0.4, -0.2) is 29.7 Å². The highest BCUT2D eigenvalue weighted by molar-refractivity contribution is 6.11. The lowest BCUT2D eigenvalue weighted by molar-refractivity contribution is 0.0526. The van der Waals surface area contributed by atoms with Gasteiger partial charge in [0.1, 0.15) is 5.75 Å². The second-order valence-electron chi connectivity index (χ2n) is 7.26. The molecule has 0 radical (unpaired) electrons. The minimum absolute atomic E-state index is 0.284. The Bertz CT molecular complexity index is 1110. The number of hydrogen-bond acceptors (Lipinski definition) is 6. The van der Waals surface area contributed by atoms with Crippen LogP contribution in [0.2, 0.25) is 0 Å². The first-order valence-corrected chi connectivity index (χ1v) is 9.98. The number of carbonyl (C=O) groups excluding carboxylic acids is 1. The van der Waals surface area contributed by atoms with Crippen LogP contribution in [0, 0.1) is 6.92 Å². The number of fused-ring (bicyclic) bond motifs is 2. The van der Waals surface area contributed by atoms with E-state index in [0.717, 1.165) is 42.5 Å². The Hall–Kier alpha value is -3.15. The molecule has 0 saturated carbocycles. The molecule has 2 aromatic heterocycles. The largest absolute Gasteiger partial charge is 0.497 e. The van der Waals surface area contributed by atoms with Crippen molar-refractivity contribution >= 4 is 22.7 Å². The topological polar surface area (TPSA) is 87.3 Å². The number of rotatable bonds is 4. The van der Waals surface area contributed by atoms with Gasteiger partial charge in [-0.25, -0.2) is 14.8 Å². The summed E-state index contributed by atoms with van der Waals surface area (Å²) in [6, 6.07) is 7.61. The van der Waals surface area contributed by atoms with Crippen LogP contribution in [0.1, 0.15) is 47.1 Å². The fourth-order valence-electron chi connectivity index (χ4n) is 4.13. The van der Waals surface area contributed by atoms with Gasteiger partial charge in [0.25, 0.3) is 0 Å². The van der Waals surface area contributed by atoms with Crippen molar-refractivity contribution in [3.63, 3.8) is 0 Å². The summed E-state index contributed by atoms with van der Waals surface area (Å²) in [4.78, 5) is 22.4. The first kappa shape index (κ1) is 19.2. The van der Waals surface area contributed by atoms with E-state index in [-0.39, 0.29) is 6.61 Å². The van der Waals surface area contributed by atoms with Gasteiger partial charge in [0.15, 0.2) is 5.65 Å². The molecule has 3 aromatic rings. The Labute approximate surface area is 170 Å². The second-order valence-corrected chi connectivity index (χ2v) is 7.26. The molecule has 1 aromatic carbocycles. The van der Waals surface area contributed by atoms with Crippen molar-refractivity contribution in [3.8, 4) is 16.9 Å². The number of aryl methyl sites for hydroxylation is 2. The zero-order valence-corrected chi connectivity index (χ0v) is 17.0. The third-order valence-electron chi connectivity index (χ3n) is 5.47. The Balaban J connectivity index is 2.12. The monoisotopic (exact) mass is 391 g/mol. The van der Waals surface area contributed by atoms with E-state index < -0.39 is 5.97 Å². The van der Waals surface area contributed by atoms with Gasteiger partial charge in [-0.2, -0.15) is 0 Å². The maximum Gasteiger partial charge on any atom is 0.340 e. The maximum absolute atomic E-state index is 12.9. The number of carbonyl (C=O) groups is 1. The first-order valence-electron chi connectivity index (χ1n) is 9.98. The number of nitrogens with two attached hydrogens (primary N) is 1. The number of methoxy groups -OCH3 is 1. The lowest BCUT2D eigenvalue weighted by Crippen LogP contribution is -2.14. The van der Waals surface area contributed by atoms with Crippen molar-refractivity contribution in [2.45, 2.75) is 39.5 Å². The van der Waals surface area contributed by atoms with Crippen LogP contribution in [0.4, 0.5) is 5.69 Å². The minimum atomic E-state index is -0.408. The standard InChI is InChI=1S/C23H25N3O3/c1-4-29-23(27)18-13(2)25-22-20(19(18)14-8-7-9-15(12-14)28-3)21(24)16-10-5-6-11-17(16)26-22/h7-9,12H,4-6,10-11H2,1-3H3,(H2,24,25,26). The van der Waals surface area contributed by atoms with Gasteiger partial charge in [0.2, 0.25) is 0 Å². The summed E-state index contributed by atoms with van der Waals surface area (Å²) in [5.41, 5.74) is 12.6. The number of nitrogen functional groups attached to an aromatic ring is 1. The fourth-order valence-corrected chi connectivity index (χ4v) is 4.13. The Morgan fingerprint density at radius 3 is 2.76 bits per heavy atom. The summed E-state index contributed by atoms with van der Waals surface area (Å²) in [7, 11) is 1.62. The summed E-state index contributed by atoms with van der Waals surface area (Å²) in [5, 5.41) is 0.715. The third kappa shape index (κ3) is 3.28. The van der Waals surface area contributed by atoms with Crippen LogP contribution >= 0.6 is 0 Å². The number of ether oxygens (including phenoxy) is 2. The molecule has 0 saturated heterocycles. The number of aromatic nitrogens is 2. The summed E-state index contributed by atoms with van der Waals surface area (Å²) < 4.78 is 10.8. The fraction of sp³-hybridized carbons (Fsp3) is 0.348. The number of hydrogen-bond donors (Lipinski definition) is 1. The van der Waals surface area contributed by atoms with Gasteiger partial charge in [-0.05, 0) is 62.8 Å². The summed E-state index contributed by atoms with van der Waals surface area (Å²) in [6.07, 6.45) is 3.99. The molecule has 6 heteroatoms. The zero-order valence-electron chi connectivity index (χ0n) is 17.0. The van der Waals surface area contributed by atoms with Crippen LogP contribution in [0.3, 0.4) is 0 Å². The molecular weight excluding hydrogens is 366 g/mol. The Kier molecular flexibility index (Phi) is 5.09. The summed E-state index contributed by atoms with van der Waals surface area (Å²) in [5.74, 6) is 0.291. The van der Waals surface area contributed by atoms with Gasteiger partial charge >= 0.3 is 5.97 Å². The number of pyridine rings is 2. The second kappa shape index (κ2) is 7.70. The normalized spacial score (nSPS) is 13.2. The highest BCUT2D eigenvalue weighted by atomic mass is 16.5. The van der Waals surface area contributed by atoms with Crippen LogP contribution in [0.15, 0.2) is 24.3 Å². The molecule has 0 aliphatic heterocycles. The molecule has 2 N–H and O–H groups in total. The van der Waals surface area contributed by atoms with Gasteiger partial charge in [-0.1, -0.05) is 12.1 Å². The van der Waals surface area contributed by atoms with Crippen molar-refractivity contribution in [1.82, 2.24) is 9.97 Å². The summed E-state index contributed by atoms with van der Waals surface area (Å²) in [6.45, 7) is 3.89. The predicted octanol–water partition coefficient (Wildman–Crippen LogP) is 4.25. The lowest BCUT2D eigenvalue weighted by atomic mass is 9.89. The van der Waals surface area contributed by atoms with Crippen LogP contribution in [-0.2, 0) is 17.6 Å². The van der Waals surface area contributed by atoms with E-state index in [4.69, 9.17) is 20.2 Å². The van der Waals surface area contributed by atoms with E-state index in [1.54, 1.807) is 14.0 Å². The van der Waals surface area contributed by atoms with E-state index in [1.807, 2.05) is 31.2 Å². The molecule has 4 rings (SSSR count). The number of nitrogens with zero attached hydrogens (tertiary/aromatic N) is 2. The summed E-state index contributed by atoms with van der Waals surface area (Å²) >= 11 is 0. The van der Waals surface area contributed by atoms with E-state index >= 15 is 0 Å². The SMILES string of the molecule is CCOC(=O)c1c(C)nc2nc3c(c(N)c2c1-c1cccc(OC)c1)CCCC3. The van der Waals surface area contributed by atoms with Crippen LogP contribution in [0.5, 0.6) is 5.75 Å². The van der Waals surface area contributed by atoms with Crippen molar-refractivity contribution in [1.29, 1.82) is 0 Å². The lowest BCUT2D eigenvalue weighted by Gasteiger charge is -2.21. The first-order chi connectivity index (χ1) is 14.0. The average Bonchev–Trinajstić information content (AvgIpc) is 2.73. The van der Waals surface area contributed by atoms with Crippen LogP contribution < -0.4 is 10.5 Å². The zero-order chi connectivity index (χ0) is 20.5. The number of esters is 1. The highest BCUT2D eigenvalue weighted by Gasteiger charge is 2.26. The molecule has 0 fully saturated rings. The predicted molar refractivity (Wildman–Crippen MR) is 113 cm³/mol. The Morgan fingerprint density at radius 1 is 1.21 bits per heavy atom. The molecule has 1 aliphatic carbocycles. The van der Waals surface area contributed by atoms with Gasteiger partial charge < -0.3 is 15.2 Å². The molecule has 150 valence electrons. The highest BCUT2D eigenvalue weighted by Crippen LogP contribution is 2.40. The van der Waals surface area contributed by atoms with E-state index in [0.29, 0.717) is 39.3 Å². The van der Waals surface area contributed by atoms with E-state index in [2.05, 4.69) is 4.98 Å². The van der Waals surface area contributed by atoms with Crippen molar-refractivity contribution in [3.05, 3.63) is 46.8 Å². The van der Waals surface area contributed by atoms with Crippen molar-refractivity contribution in [2.24, 2.45) is 0 Å². The molecular formula is C23H25N3O3. The van der Waals surface area contributed by atoms with Gasteiger partial charge in [-0.15, -0.1) is 0 Å². The van der Waals surface area contributed by atoms with Crippen LogP contribution in [0.25, 0.3) is 22.2 Å². The third-order valence-corrected chi connectivity index (χ3v) is 5.47. The molecule has 2 heterocycles. The van der Waals surface area contributed by atoms with E-state index in [9.17, 15) is 4.79 Å². The molecule has 0 bridgehead atoms. The van der Waals surface area contributed by atoms with Crippen molar-refractivity contribution < 1.29 is 14.3 Å². The van der Waals surface area contributed by atoms with E-state index in [1.165, 1.54) is 0 Å². The van der Waals surface area contributed by atoms with Gasteiger partial charge in [-0.3, -0.25) is 0 Å². The average molecular weight is 391 g/mol. The molecule has 1 aliphatic rings. The van der Waals surface area contributed by atoms with Crippen molar-refractivity contribution in [2.75, 3.05) is 19.5 Å². The molecule has 0 atom stereocenters. The number of benzene rings is 1. The molecule has 0 amide bonds. The maximum atomic E-state index is 12.9. The molecule has 6 nitrogen and oxygen atoms in total. The smallest absolute Gasteiger partial charge is 0.340 e. The van der Waals surface area contributed by atoms with Gasteiger partial charge in [0, 0.05) is 16.9 Å². The minimum Gasteiger partial charge on any atom is -0.497 e. The molecule has 29 heavy (non-hydrogen) atoms. The number of anilines is 1. The quantitative estimate of drug-likeness (QED) is 0.669. The Morgan fingerprint density at radius 2 is 2.00 bits per heavy atom. The van der Waals surface area contributed by atoms with Gasteiger partial charge in [0.05, 0.1) is 30.4 Å². The molecule has 0 spiro atoms. The molecule has 0 unspecified atom stereocenters.